The van der Waals surface area contributed by atoms with Gasteiger partial charge in [0.05, 0.1) is 6.26 Å². The summed E-state index contributed by atoms with van der Waals surface area (Å²) < 4.78 is 16.8. The zero-order valence-electron chi connectivity index (χ0n) is 20.7. The van der Waals surface area contributed by atoms with Crippen LogP contribution < -0.4 is 9.47 Å². The first kappa shape index (κ1) is 24.7. The van der Waals surface area contributed by atoms with Gasteiger partial charge in [0.1, 0.15) is 23.0 Å². The maximum atomic E-state index is 12.3. The van der Waals surface area contributed by atoms with Gasteiger partial charge in [0, 0.05) is 12.0 Å². The van der Waals surface area contributed by atoms with Gasteiger partial charge in [0.15, 0.2) is 0 Å². The van der Waals surface area contributed by atoms with Gasteiger partial charge in [0.25, 0.3) is 0 Å². The van der Waals surface area contributed by atoms with Crippen molar-refractivity contribution in [3.63, 3.8) is 0 Å². The molecule has 0 heterocycles. The molecular formula is C32H26O6. The maximum Gasteiger partial charge on any atom is 0.336 e. The molecule has 4 aromatic carbocycles. The predicted molar refractivity (Wildman–Crippen MR) is 146 cm³/mol. The second-order valence-electron chi connectivity index (χ2n) is 8.89. The molecule has 1 atom stereocenters. The number of carbonyl (C=O) groups is 1. The monoisotopic (exact) mass is 506 g/mol. The summed E-state index contributed by atoms with van der Waals surface area (Å²) in [6.07, 6.45) is 6.35. The van der Waals surface area contributed by atoms with E-state index in [1.807, 2.05) is 30.3 Å². The fraction of sp³-hybridized carbons (Fsp3) is 0.0938. The third kappa shape index (κ3) is 5.71. The molecular weight excluding hydrogens is 480 g/mol. The summed E-state index contributed by atoms with van der Waals surface area (Å²) in [5.41, 5.74) is 6.13. The predicted octanol–water partition coefficient (Wildman–Crippen LogP) is 6.87. The van der Waals surface area contributed by atoms with Crippen molar-refractivity contribution in [3.05, 3.63) is 120 Å². The van der Waals surface area contributed by atoms with Crippen LogP contribution in [0, 0.1) is 0 Å². The number of benzene rings is 4. The maximum absolute atomic E-state index is 12.3. The van der Waals surface area contributed by atoms with Crippen LogP contribution in [0.5, 0.6) is 23.0 Å². The summed E-state index contributed by atoms with van der Waals surface area (Å²) in [7, 11) is 0. The SMILES string of the molecule is CC1c2cc(OCOC=Cc3ccc(O)cc3)ccc2-c2ccc(OC(=O)C=Cc3ccc(O)cc3)cc21. The molecule has 190 valence electrons. The Morgan fingerprint density at radius 1 is 0.763 bits per heavy atom. The van der Waals surface area contributed by atoms with E-state index in [1.165, 1.54) is 6.08 Å². The van der Waals surface area contributed by atoms with Gasteiger partial charge in [0.2, 0.25) is 6.79 Å². The number of phenols is 2. The molecule has 0 saturated heterocycles. The summed E-state index contributed by atoms with van der Waals surface area (Å²) in [6.45, 7) is 2.17. The number of rotatable bonds is 8. The van der Waals surface area contributed by atoms with Crippen molar-refractivity contribution in [1.82, 2.24) is 0 Å². The second kappa shape index (κ2) is 11.0. The van der Waals surface area contributed by atoms with Crippen molar-refractivity contribution < 1.29 is 29.2 Å². The summed E-state index contributed by atoms with van der Waals surface area (Å²) in [6, 6.07) is 25.0. The minimum Gasteiger partial charge on any atom is -0.508 e. The van der Waals surface area contributed by atoms with Crippen molar-refractivity contribution in [2.24, 2.45) is 0 Å². The van der Waals surface area contributed by atoms with E-state index < -0.39 is 5.97 Å². The minimum absolute atomic E-state index is 0.0620. The van der Waals surface area contributed by atoms with E-state index in [0.717, 1.165) is 33.4 Å². The van der Waals surface area contributed by atoms with Gasteiger partial charge < -0.3 is 24.4 Å². The average molecular weight is 507 g/mol. The topological polar surface area (TPSA) is 85.2 Å². The van der Waals surface area contributed by atoms with E-state index >= 15 is 0 Å². The van der Waals surface area contributed by atoms with Crippen LogP contribution in [0.25, 0.3) is 23.3 Å². The van der Waals surface area contributed by atoms with Crippen LogP contribution in [-0.4, -0.2) is 23.0 Å². The molecule has 1 aliphatic rings. The van der Waals surface area contributed by atoms with Crippen LogP contribution in [0.3, 0.4) is 0 Å². The number of hydrogen-bond donors (Lipinski definition) is 2. The number of ether oxygens (including phenoxy) is 3. The minimum atomic E-state index is -0.476. The first-order valence-electron chi connectivity index (χ1n) is 12.1. The highest BCUT2D eigenvalue weighted by atomic mass is 16.7. The second-order valence-corrected chi connectivity index (χ2v) is 8.89. The highest BCUT2D eigenvalue weighted by Gasteiger charge is 2.26. The summed E-state index contributed by atoms with van der Waals surface area (Å²) in [5.74, 6) is 1.20. The Morgan fingerprint density at radius 2 is 1.32 bits per heavy atom. The van der Waals surface area contributed by atoms with E-state index in [-0.39, 0.29) is 24.2 Å². The quantitative estimate of drug-likeness (QED) is 0.0677. The van der Waals surface area contributed by atoms with Crippen LogP contribution in [0.15, 0.2) is 97.3 Å². The van der Waals surface area contributed by atoms with E-state index in [4.69, 9.17) is 14.2 Å². The number of aromatic hydroxyl groups is 2. The molecule has 1 aliphatic carbocycles. The van der Waals surface area contributed by atoms with Crippen LogP contribution in [0.4, 0.5) is 0 Å². The molecule has 6 heteroatoms. The van der Waals surface area contributed by atoms with E-state index in [9.17, 15) is 15.0 Å². The first-order valence-corrected chi connectivity index (χ1v) is 12.1. The molecule has 1 unspecified atom stereocenters. The van der Waals surface area contributed by atoms with E-state index in [1.54, 1.807) is 73.0 Å². The lowest BCUT2D eigenvalue weighted by Crippen LogP contribution is -2.04. The molecule has 0 aromatic heterocycles. The summed E-state index contributed by atoms with van der Waals surface area (Å²) in [4.78, 5) is 12.3. The Balaban J connectivity index is 1.19. The molecule has 0 radical (unpaired) electrons. The van der Waals surface area contributed by atoms with Gasteiger partial charge in [-0.2, -0.15) is 0 Å². The van der Waals surface area contributed by atoms with Crippen molar-refractivity contribution in [3.8, 4) is 34.1 Å². The molecule has 5 rings (SSSR count). The van der Waals surface area contributed by atoms with Gasteiger partial charge in [-0.15, -0.1) is 0 Å². The Hall–Kier alpha value is -4.97. The number of esters is 1. The largest absolute Gasteiger partial charge is 0.508 e. The fourth-order valence-corrected chi connectivity index (χ4v) is 4.36. The Morgan fingerprint density at radius 3 is 1.95 bits per heavy atom. The molecule has 0 spiro atoms. The molecule has 2 N–H and O–H groups in total. The standard InChI is InChI=1S/C32H26O6/c1-21-30-18-26(37-20-36-17-16-23-4-9-25(34)10-5-23)11-13-28(30)29-14-12-27(19-31(21)29)38-32(35)15-6-22-2-7-24(33)8-3-22/h2-19,21,33-34H,20H2,1H3. The number of fused-ring (bicyclic) bond motifs is 3. The summed E-state index contributed by atoms with van der Waals surface area (Å²) in [5, 5.41) is 18.7. The Labute approximate surface area is 220 Å². The third-order valence-corrected chi connectivity index (χ3v) is 6.34. The van der Waals surface area contributed by atoms with Crippen molar-refractivity contribution in [2.45, 2.75) is 12.8 Å². The smallest absolute Gasteiger partial charge is 0.336 e. The molecule has 38 heavy (non-hydrogen) atoms. The zero-order chi connectivity index (χ0) is 26.5. The molecule has 0 fully saturated rings. The molecule has 4 aromatic rings. The third-order valence-electron chi connectivity index (χ3n) is 6.34. The van der Waals surface area contributed by atoms with Crippen molar-refractivity contribution in [1.29, 1.82) is 0 Å². The number of phenolic OH excluding ortho intramolecular Hbond substituents is 2. The summed E-state index contributed by atoms with van der Waals surface area (Å²) >= 11 is 0. The van der Waals surface area contributed by atoms with Gasteiger partial charge in [-0.05, 0) is 94.1 Å². The van der Waals surface area contributed by atoms with E-state index in [2.05, 4.69) is 6.92 Å². The molecule has 0 amide bonds. The van der Waals surface area contributed by atoms with Crippen LogP contribution in [-0.2, 0) is 9.53 Å². The average Bonchev–Trinajstić information content (AvgIpc) is 3.20. The lowest BCUT2D eigenvalue weighted by Gasteiger charge is -2.10. The number of carbonyl (C=O) groups excluding carboxylic acids is 1. The fourth-order valence-electron chi connectivity index (χ4n) is 4.36. The molecule has 0 bridgehead atoms. The highest BCUT2D eigenvalue weighted by Crippen LogP contribution is 2.46. The Kier molecular flexibility index (Phi) is 7.13. The van der Waals surface area contributed by atoms with Gasteiger partial charge >= 0.3 is 5.97 Å². The van der Waals surface area contributed by atoms with E-state index in [0.29, 0.717) is 11.5 Å². The number of hydrogen-bond acceptors (Lipinski definition) is 6. The van der Waals surface area contributed by atoms with Crippen molar-refractivity contribution in [2.75, 3.05) is 6.79 Å². The molecule has 0 aliphatic heterocycles. The normalized spacial score (nSPS) is 13.9. The Bertz CT molecular complexity index is 1500. The van der Waals surface area contributed by atoms with Gasteiger partial charge in [-0.25, -0.2) is 4.79 Å². The zero-order valence-corrected chi connectivity index (χ0v) is 20.7. The lowest BCUT2D eigenvalue weighted by atomic mass is 9.99. The first-order chi connectivity index (χ1) is 18.5. The molecule has 0 saturated carbocycles. The molecule has 6 nitrogen and oxygen atoms in total. The van der Waals surface area contributed by atoms with Crippen LogP contribution >= 0.6 is 0 Å². The van der Waals surface area contributed by atoms with Gasteiger partial charge in [-0.1, -0.05) is 43.3 Å². The van der Waals surface area contributed by atoms with Crippen LogP contribution in [0.1, 0.15) is 35.1 Å². The van der Waals surface area contributed by atoms with Crippen molar-refractivity contribution >= 4 is 18.1 Å². The highest BCUT2D eigenvalue weighted by molar-refractivity contribution is 5.89. The lowest BCUT2D eigenvalue weighted by molar-refractivity contribution is -0.128. The van der Waals surface area contributed by atoms with Gasteiger partial charge in [-0.3, -0.25) is 0 Å². The van der Waals surface area contributed by atoms with Crippen LogP contribution in [0.2, 0.25) is 0 Å².